The van der Waals surface area contributed by atoms with Crippen molar-refractivity contribution in [2.45, 2.75) is 64.1 Å². The minimum Gasteiger partial charge on any atom is -0.484 e. The van der Waals surface area contributed by atoms with Gasteiger partial charge in [0.05, 0.1) is 10.0 Å². The second-order valence-corrected chi connectivity index (χ2v) is 9.53. The molecule has 2 aromatic carbocycles. The van der Waals surface area contributed by atoms with E-state index in [4.69, 9.17) is 39.5 Å². The first-order chi connectivity index (χ1) is 15.9. The summed E-state index contributed by atoms with van der Waals surface area (Å²) in [6.45, 7) is 1.90. The molecule has 1 atom stereocenters. The quantitative estimate of drug-likeness (QED) is 0.431. The van der Waals surface area contributed by atoms with Crippen molar-refractivity contribution < 1.29 is 14.3 Å². The molecule has 33 heavy (non-hydrogen) atoms. The maximum atomic E-state index is 13.3. The normalized spacial score (nSPS) is 15.0. The first kappa shape index (κ1) is 25.7. The Morgan fingerprint density at radius 2 is 1.82 bits per heavy atom. The van der Waals surface area contributed by atoms with Gasteiger partial charge in [-0.25, -0.2) is 0 Å². The van der Waals surface area contributed by atoms with Gasteiger partial charge >= 0.3 is 0 Å². The molecule has 0 spiro atoms. The Bertz CT molecular complexity index is 964. The van der Waals surface area contributed by atoms with E-state index in [-0.39, 0.29) is 31.0 Å². The number of hydrogen-bond donors (Lipinski definition) is 1. The fourth-order valence-electron chi connectivity index (χ4n) is 4.08. The Balaban J connectivity index is 1.77. The van der Waals surface area contributed by atoms with Crippen molar-refractivity contribution in [1.29, 1.82) is 0 Å². The van der Waals surface area contributed by atoms with Gasteiger partial charge in [-0.1, -0.05) is 73.1 Å². The Morgan fingerprint density at radius 3 is 2.48 bits per heavy atom. The van der Waals surface area contributed by atoms with Crippen LogP contribution in [0.5, 0.6) is 5.75 Å². The van der Waals surface area contributed by atoms with E-state index in [1.54, 1.807) is 47.4 Å². The van der Waals surface area contributed by atoms with Gasteiger partial charge < -0.3 is 15.0 Å². The van der Waals surface area contributed by atoms with E-state index >= 15 is 0 Å². The first-order valence-corrected chi connectivity index (χ1v) is 12.4. The van der Waals surface area contributed by atoms with Gasteiger partial charge in [-0.05, 0) is 55.2 Å². The van der Waals surface area contributed by atoms with Crippen LogP contribution < -0.4 is 10.1 Å². The average molecular weight is 512 g/mol. The smallest absolute Gasteiger partial charge is 0.261 e. The topological polar surface area (TPSA) is 58.6 Å². The van der Waals surface area contributed by atoms with Crippen LogP contribution in [0.15, 0.2) is 42.5 Å². The molecule has 1 aliphatic carbocycles. The lowest BCUT2D eigenvalue weighted by atomic mass is 9.95. The number of nitrogens with zero attached hydrogens (tertiary/aromatic N) is 1. The van der Waals surface area contributed by atoms with Gasteiger partial charge in [0, 0.05) is 17.6 Å². The molecule has 0 radical (unpaired) electrons. The number of nitrogens with one attached hydrogen (secondary N) is 1. The van der Waals surface area contributed by atoms with Crippen LogP contribution in [0.3, 0.4) is 0 Å². The third-order valence-electron chi connectivity index (χ3n) is 5.83. The van der Waals surface area contributed by atoms with Gasteiger partial charge in [-0.2, -0.15) is 0 Å². The SMILES string of the molecule is CC[C@@H](C(=O)NC1CCCCC1)N(Cc1ccc(Cl)c(Cl)c1)C(=O)COc1cccc(Cl)c1. The third-order valence-corrected chi connectivity index (χ3v) is 6.81. The fraction of sp³-hybridized carbons (Fsp3) is 0.440. The van der Waals surface area contributed by atoms with Crippen LogP contribution in [-0.2, 0) is 16.1 Å². The maximum Gasteiger partial charge on any atom is 0.261 e. The molecule has 0 saturated heterocycles. The minimum absolute atomic E-state index is 0.138. The number of carbonyl (C=O) groups excluding carboxylic acids is 2. The van der Waals surface area contributed by atoms with Gasteiger partial charge in [0.1, 0.15) is 11.8 Å². The van der Waals surface area contributed by atoms with Gasteiger partial charge in [0.15, 0.2) is 6.61 Å². The zero-order valence-corrected chi connectivity index (χ0v) is 20.9. The van der Waals surface area contributed by atoms with Crippen molar-refractivity contribution in [3.63, 3.8) is 0 Å². The number of rotatable bonds is 9. The standard InChI is InChI=1S/C25H29Cl3N2O3/c1-2-23(25(32)29-19-8-4-3-5-9-19)30(15-17-11-12-21(27)22(28)13-17)24(31)16-33-20-10-6-7-18(26)14-20/h6-7,10-14,19,23H,2-5,8-9,15-16H2,1H3,(H,29,32)/t23-/m0/s1. The molecule has 2 aromatic rings. The number of halogens is 3. The van der Waals surface area contributed by atoms with E-state index in [9.17, 15) is 9.59 Å². The lowest BCUT2D eigenvalue weighted by Crippen LogP contribution is -2.52. The Morgan fingerprint density at radius 1 is 1.06 bits per heavy atom. The van der Waals surface area contributed by atoms with E-state index in [1.165, 1.54) is 6.42 Å². The van der Waals surface area contributed by atoms with Crippen LogP contribution in [0, 0.1) is 0 Å². The number of hydrogen-bond acceptors (Lipinski definition) is 3. The molecule has 0 heterocycles. The Hall–Kier alpha value is -1.95. The molecule has 0 aromatic heterocycles. The lowest BCUT2D eigenvalue weighted by molar-refractivity contribution is -0.143. The van der Waals surface area contributed by atoms with Crippen LogP contribution in [0.2, 0.25) is 15.1 Å². The van der Waals surface area contributed by atoms with Crippen LogP contribution in [0.4, 0.5) is 0 Å². The second-order valence-electron chi connectivity index (χ2n) is 8.28. The highest BCUT2D eigenvalue weighted by Crippen LogP contribution is 2.25. The van der Waals surface area contributed by atoms with Gasteiger partial charge in [-0.3, -0.25) is 9.59 Å². The fourth-order valence-corrected chi connectivity index (χ4v) is 4.58. The molecule has 0 unspecified atom stereocenters. The van der Waals surface area contributed by atoms with Crippen molar-refractivity contribution in [1.82, 2.24) is 10.2 Å². The van der Waals surface area contributed by atoms with E-state index in [0.29, 0.717) is 27.2 Å². The summed E-state index contributed by atoms with van der Waals surface area (Å²) in [7, 11) is 0. The highest BCUT2D eigenvalue weighted by atomic mass is 35.5. The molecular formula is C25H29Cl3N2O3. The van der Waals surface area contributed by atoms with E-state index in [1.807, 2.05) is 6.92 Å². The van der Waals surface area contributed by atoms with Crippen molar-refractivity contribution in [2.75, 3.05) is 6.61 Å². The molecule has 1 fully saturated rings. The summed E-state index contributed by atoms with van der Waals surface area (Å²) >= 11 is 18.3. The third kappa shape index (κ3) is 7.53. The molecule has 1 aliphatic rings. The summed E-state index contributed by atoms with van der Waals surface area (Å²) in [4.78, 5) is 28.0. The molecule has 1 saturated carbocycles. The number of amides is 2. The number of benzene rings is 2. The zero-order chi connectivity index (χ0) is 23.8. The average Bonchev–Trinajstić information content (AvgIpc) is 2.80. The predicted octanol–water partition coefficient (Wildman–Crippen LogP) is 6.28. The molecule has 8 heteroatoms. The predicted molar refractivity (Wildman–Crippen MR) is 133 cm³/mol. The largest absolute Gasteiger partial charge is 0.484 e. The molecule has 2 amide bonds. The molecule has 0 aliphatic heterocycles. The van der Waals surface area contributed by atoms with Crippen LogP contribution in [0.1, 0.15) is 51.0 Å². The van der Waals surface area contributed by atoms with Gasteiger partial charge in [0.2, 0.25) is 5.91 Å². The van der Waals surface area contributed by atoms with Crippen LogP contribution in [-0.4, -0.2) is 35.4 Å². The summed E-state index contributed by atoms with van der Waals surface area (Å²) in [5.74, 6) is 0.0531. The highest BCUT2D eigenvalue weighted by molar-refractivity contribution is 6.42. The van der Waals surface area contributed by atoms with Gasteiger partial charge in [0.25, 0.3) is 5.91 Å². The van der Waals surface area contributed by atoms with E-state index in [2.05, 4.69) is 5.32 Å². The Kier molecular flexibility index (Phi) is 9.72. The van der Waals surface area contributed by atoms with Crippen molar-refractivity contribution >= 4 is 46.6 Å². The molecule has 0 bridgehead atoms. The molecule has 3 rings (SSSR count). The molecular weight excluding hydrogens is 483 g/mol. The maximum absolute atomic E-state index is 13.3. The Labute approximate surface area is 210 Å². The number of ether oxygens (including phenoxy) is 1. The summed E-state index contributed by atoms with van der Waals surface area (Å²) in [6, 6.07) is 11.6. The first-order valence-electron chi connectivity index (χ1n) is 11.3. The highest BCUT2D eigenvalue weighted by Gasteiger charge is 2.30. The summed E-state index contributed by atoms with van der Waals surface area (Å²) in [6.07, 6.45) is 5.85. The van der Waals surface area contributed by atoms with Gasteiger partial charge in [-0.15, -0.1) is 0 Å². The summed E-state index contributed by atoms with van der Waals surface area (Å²) < 4.78 is 5.68. The van der Waals surface area contributed by atoms with Crippen molar-refractivity contribution in [3.8, 4) is 5.75 Å². The van der Waals surface area contributed by atoms with Crippen molar-refractivity contribution in [2.24, 2.45) is 0 Å². The minimum atomic E-state index is -0.628. The number of carbonyl (C=O) groups is 2. The molecule has 5 nitrogen and oxygen atoms in total. The zero-order valence-electron chi connectivity index (χ0n) is 18.7. The summed E-state index contributed by atoms with van der Waals surface area (Å²) in [5, 5.41) is 4.51. The lowest BCUT2D eigenvalue weighted by Gasteiger charge is -2.32. The van der Waals surface area contributed by atoms with Crippen LogP contribution in [0.25, 0.3) is 0 Å². The second kappa shape index (κ2) is 12.5. The monoisotopic (exact) mass is 510 g/mol. The van der Waals surface area contributed by atoms with Crippen molar-refractivity contribution in [3.05, 3.63) is 63.1 Å². The van der Waals surface area contributed by atoms with E-state index < -0.39 is 6.04 Å². The molecule has 178 valence electrons. The molecule has 1 N–H and O–H groups in total. The summed E-state index contributed by atoms with van der Waals surface area (Å²) in [5.41, 5.74) is 0.782. The van der Waals surface area contributed by atoms with E-state index in [0.717, 1.165) is 31.2 Å². The van der Waals surface area contributed by atoms with Crippen LogP contribution >= 0.6 is 34.8 Å².